The van der Waals surface area contributed by atoms with E-state index in [2.05, 4.69) is 22.9 Å². The van der Waals surface area contributed by atoms with E-state index in [1.165, 1.54) is 0 Å². The molecule has 2 aromatic carbocycles. The monoisotopic (exact) mass is 473 g/mol. The van der Waals surface area contributed by atoms with Gasteiger partial charge in [-0.2, -0.15) is 11.8 Å². The molecule has 2 aromatic rings. The summed E-state index contributed by atoms with van der Waals surface area (Å²) >= 11 is 5.29. The summed E-state index contributed by atoms with van der Waals surface area (Å²) < 4.78 is 6.06. The van der Waals surface area contributed by atoms with Crippen molar-refractivity contribution in [1.82, 2.24) is 0 Å². The average molecular weight is 474 g/mol. The zero-order chi connectivity index (χ0) is 20.6. The Morgan fingerprint density at radius 1 is 1.24 bits per heavy atom. The van der Waals surface area contributed by atoms with Gasteiger partial charge < -0.3 is 9.64 Å². The van der Waals surface area contributed by atoms with Crippen LogP contribution in [0, 0.1) is 0 Å². The minimum absolute atomic E-state index is 0.121. The minimum atomic E-state index is -0.460. The SMILES string of the molecule is CCSCC(=O)c1cc(Br)c2c(c1)C1(CCC1)C(=O)N2Cc1ccc(OC)cc1. The number of ketones is 1. The molecule has 0 aromatic heterocycles. The van der Waals surface area contributed by atoms with Gasteiger partial charge in [-0.1, -0.05) is 25.5 Å². The van der Waals surface area contributed by atoms with Crippen molar-refractivity contribution in [2.45, 2.75) is 38.1 Å². The first kappa shape index (κ1) is 20.5. The number of nitrogens with zero attached hydrogens (tertiary/aromatic N) is 1. The molecule has 0 atom stereocenters. The van der Waals surface area contributed by atoms with Crippen LogP contribution in [0.25, 0.3) is 0 Å². The van der Waals surface area contributed by atoms with E-state index in [9.17, 15) is 9.59 Å². The summed E-state index contributed by atoms with van der Waals surface area (Å²) in [7, 11) is 1.64. The molecule has 1 amide bonds. The van der Waals surface area contributed by atoms with E-state index in [4.69, 9.17) is 4.74 Å². The van der Waals surface area contributed by atoms with Gasteiger partial charge in [0.1, 0.15) is 5.75 Å². The fourth-order valence-electron chi connectivity index (χ4n) is 4.23. The number of thioether (sulfide) groups is 1. The number of carbonyl (C=O) groups excluding carboxylic acids is 2. The number of halogens is 1. The molecule has 0 unspecified atom stereocenters. The second kappa shape index (κ2) is 8.15. The molecule has 0 saturated heterocycles. The Kier molecular flexibility index (Phi) is 5.76. The van der Waals surface area contributed by atoms with E-state index in [0.29, 0.717) is 17.9 Å². The largest absolute Gasteiger partial charge is 0.497 e. The third kappa shape index (κ3) is 3.50. The summed E-state index contributed by atoms with van der Waals surface area (Å²) in [6.45, 7) is 2.56. The highest BCUT2D eigenvalue weighted by Gasteiger charge is 2.55. The quantitative estimate of drug-likeness (QED) is 0.507. The van der Waals surface area contributed by atoms with Gasteiger partial charge in [0.25, 0.3) is 0 Å². The van der Waals surface area contributed by atoms with E-state index in [1.54, 1.807) is 18.9 Å². The molecule has 0 radical (unpaired) electrons. The number of fused-ring (bicyclic) bond motifs is 2. The summed E-state index contributed by atoms with van der Waals surface area (Å²) in [6, 6.07) is 11.7. The summed E-state index contributed by atoms with van der Waals surface area (Å²) in [5, 5.41) is 0. The highest BCUT2D eigenvalue weighted by Crippen LogP contribution is 2.56. The predicted molar refractivity (Wildman–Crippen MR) is 121 cm³/mol. The Bertz CT molecular complexity index is 953. The van der Waals surface area contributed by atoms with Crippen LogP contribution < -0.4 is 9.64 Å². The average Bonchev–Trinajstić information content (AvgIpc) is 2.95. The molecule has 0 N–H and O–H groups in total. The zero-order valence-electron chi connectivity index (χ0n) is 16.7. The number of amides is 1. The zero-order valence-corrected chi connectivity index (χ0v) is 19.1. The van der Waals surface area contributed by atoms with E-state index >= 15 is 0 Å². The van der Waals surface area contributed by atoms with Crippen molar-refractivity contribution in [3.63, 3.8) is 0 Å². The number of ether oxygens (including phenoxy) is 1. The lowest BCUT2D eigenvalue weighted by Gasteiger charge is -2.37. The third-order valence-corrected chi connectivity index (χ3v) is 7.45. The van der Waals surface area contributed by atoms with Crippen LogP contribution in [-0.4, -0.2) is 30.3 Å². The highest BCUT2D eigenvalue weighted by molar-refractivity contribution is 9.10. The van der Waals surface area contributed by atoms with Gasteiger partial charge in [-0.05, 0) is 69.9 Å². The van der Waals surface area contributed by atoms with Crippen LogP contribution in [-0.2, 0) is 16.8 Å². The second-order valence-electron chi connectivity index (χ2n) is 7.59. The van der Waals surface area contributed by atoms with Gasteiger partial charge in [-0.15, -0.1) is 0 Å². The van der Waals surface area contributed by atoms with Crippen LogP contribution in [0.15, 0.2) is 40.9 Å². The Morgan fingerprint density at radius 3 is 2.55 bits per heavy atom. The maximum absolute atomic E-state index is 13.5. The van der Waals surface area contributed by atoms with Crippen LogP contribution in [0.1, 0.15) is 47.7 Å². The van der Waals surface area contributed by atoms with Crippen LogP contribution in [0.3, 0.4) is 0 Å². The molecule has 4 rings (SSSR count). The number of methoxy groups -OCH3 is 1. The fourth-order valence-corrected chi connectivity index (χ4v) is 5.46. The third-order valence-electron chi connectivity index (χ3n) is 5.97. The molecular formula is C23H24BrNO3S. The normalized spacial score (nSPS) is 16.7. The number of Topliss-reactive ketones (excluding diaryl/α,β-unsaturated/α-hetero) is 1. The lowest BCUT2D eigenvalue weighted by molar-refractivity contribution is -0.126. The molecule has 4 nitrogen and oxygen atoms in total. The standard InChI is InChI=1S/C23H24BrNO3S/c1-3-29-14-20(26)16-11-18-21(19(24)12-16)25(22(27)23(18)9-4-10-23)13-15-5-7-17(28-2)8-6-15/h5-8,11-12H,3-4,9-10,13-14H2,1-2H3. The molecule has 1 fully saturated rings. The van der Waals surface area contributed by atoms with Gasteiger partial charge >= 0.3 is 0 Å². The maximum atomic E-state index is 13.5. The molecule has 2 aliphatic rings. The van der Waals surface area contributed by atoms with E-state index < -0.39 is 5.41 Å². The van der Waals surface area contributed by atoms with Gasteiger partial charge in [-0.3, -0.25) is 9.59 Å². The Balaban J connectivity index is 1.71. The van der Waals surface area contributed by atoms with Crippen LogP contribution in [0.2, 0.25) is 0 Å². The first-order valence-corrected chi connectivity index (χ1v) is 11.8. The van der Waals surface area contributed by atoms with Crippen LogP contribution in [0.5, 0.6) is 5.75 Å². The van der Waals surface area contributed by atoms with E-state index in [1.807, 2.05) is 41.3 Å². The molecule has 152 valence electrons. The number of carbonyl (C=O) groups is 2. The molecule has 1 heterocycles. The topological polar surface area (TPSA) is 46.6 Å². The molecule has 1 aliphatic heterocycles. The molecule has 29 heavy (non-hydrogen) atoms. The number of hydrogen-bond donors (Lipinski definition) is 0. The van der Waals surface area contributed by atoms with E-state index in [-0.39, 0.29) is 11.7 Å². The molecule has 6 heteroatoms. The number of benzene rings is 2. The Labute approximate surface area is 184 Å². The van der Waals surface area contributed by atoms with Gasteiger partial charge in [0.2, 0.25) is 5.91 Å². The Hall–Kier alpha value is -1.79. The molecule has 0 bridgehead atoms. The van der Waals surface area contributed by atoms with E-state index in [0.717, 1.165) is 52.1 Å². The van der Waals surface area contributed by atoms with Crippen molar-refractivity contribution < 1.29 is 14.3 Å². The number of anilines is 1. The molecule has 1 aliphatic carbocycles. The van der Waals surface area contributed by atoms with Crippen LogP contribution in [0.4, 0.5) is 5.69 Å². The summed E-state index contributed by atoms with van der Waals surface area (Å²) in [6.07, 6.45) is 2.75. The summed E-state index contributed by atoms with van der Waals surface area (Å²) in [4.78, 5) is 28.0. The van der Waals surface area contributed by atoms with Gasteiger partial charge in [0.15, 0.2) is 5.78 Å². The van der Waals surface area contributed by atoms with Crippen molar-refractivity contribution >= 4 is 45.1 Å². The molecule has 1 spiro atoms. The van der Waals surface area contributed by atoms with Gasteiger partial charge in [0.05, 0.1) is 30.5 Å². The lowest BCUT2D eigenvalue weighted by atomic mass is 9.65. The second-order valence-corrected chi connectivity index (χ2v) is 9.72. The first-order valence-electron chi connectivity index (χ1n) is 9.90. The Morgan fingerprint density at radius 2 is 1.97 bits per heavy atom. The number of hydrogen-bond acceptors (Lipinski definition) is 4. The number of rotatable bonds is 7. The van der Waals surface area contributed by atoms with Crippen molar-refractivity contribution in [2.75, 3.05) is 23.5 Å². The predicted octanol–water partition coefficient (Wildman–Crippen LogP) is 5.36. The van der Waals surface area contributed by atoms with Crippen molar-refractivity contribution in [3.05, 3.63) is 57.6 Å². The molecular weight excluding hydrogens is 450 g/mol. The van der Waals surface area contributed by atoms with Gasteiger partial charge in [0, 0.05) is 10.0 Å². The highest BCUT2D eigenvalue weighted by atomic mass is 79.9. The van der Waals surface area contributed by atoms with Gasteiger partial charge in [-0.25, -0.2) is 0 Å². The minimum Gasteiger partial charge on any atom is -0.497 e. The smallest absolute Gasteiger partial charge is 0.238 e. The molecule has 1 saturated carbocycles. The summed E-state index contributed by atoms with van der Waals surface area (Å²) in [5.41, 5.74) is 3.22. The van der Waals surface area contributed by atoms with Crippen molar-refractivity contribution in [1.29, 1.82) is 0 Å². The van der Waals surface area contributed by atoms with Crippen molar-refractivity contribution in [2.24, 2.45) is 0 Å². The first-order chi connectivity index (χ1) is 14.0. The fraction of sp³-hybridized carbons (Fsp3) is 0.391. The maximum Gasteiger partial charge on any atom is 0.238 e. The van der Waals surface area contributed by atoms with Crippen molar-refractivity contribution in [3.8, 4) is 5.75 Å². The van der Waals surface area contributed by atoms with Crippen LogP contribution >= 0.6 is 27.7 Å². The summed E-state index contributed by atoms with van der Waals surface area (Å²) in [5.74, 6) is 2.46. The lowest BCUT2D eigenvalue weighted by Crippen LogP contribution is -2.44.